The topological polar surface area (TPSA) is 58.4 Å². The van der Waals surface area contributed by atoms with Crippen molar-refractivity contribution in [2.45, 2.75) is 32.4 Å². The largest absolute Gasteiger partial charge is 0.354 e. The number of nitrogens with two attached hydrogens (primary N) is 1. The van der Waals surface area contributed by atoms with Gasteiger partial charge in [0.05, 0.1) is 0 Å². The average molecular weight is 424 g/mol. The minimum Gasteiger partial charge on any atom is -0.354 e. The smallest absolute Gasteiger partial charge is 0.241 e. The van der Waals surface area contributed by atoms with Crippen LogP contribution in [-0.4, -0.2) is 30.4 Å². The van der Waals surface area contributed by atoms with Gasteiger partial charge in [0.2, 0.25) is 5.91 Å². The van der Waals surface area contributed by atoms with Gasteiger partial charge in [0.25, 0.3) is 0 Å². The van der Waals surface area contributed by atoms with Crippen LogP contribution in [0.5, 0.6) is 0 Å². The Morgan fingerprint density at radius 1 is 1.07 bits per heavy atom. The number of piperidine rings is 1. The van der Waals surface area contributed by atoms with Crippen LogP contribution >= 0.6 is 24.8 Å². The van der Waals surface area contributed by atoms with E-state index >= 15 is 0 Å². The number of amides is 1. The first-order chi connectivity index (χ1) is 12.6. The fourth-order valence-electron chi connectivity index (χ4n) is 3.47. The lowest BCUT2D eigenvalue weighted by molar-refractivity contribution is -0.122. The number of benzene rings is 2. The summed E-state index contributed by atoms with van der Waals surface area (Å²) in [6.07, 6.45) is 2.24. The molecule has 154 valence electrons. The number of hydrogen-bond acceptors (Lipinski definition) is 3. The third-order valence-electron chi connectivity index (χ3n) is 5.24. The quantitative estimate of drug-likeness (QED) is 0.740. The van der Waals surface area contributed by atoms with Gasteiger partial charge in [-0.1, -0.05) is 60.2 Å². The van der Waals surface area contributed by atoms with Crippen LogP contribution in [0.4, 0.5) is 0 Å². The van der Waals surface area contributed by atoms with E-state index in [1.54, 1.807) is 0 Å². The van der Waals surface area contributed by atoms with Crippen molar-refractivity contribution in [3.05, 3.63) is 71.3 Å². The predicted octanol–water partition coefficient (Wildman–Crippen LogP) is 3.87. The highest BCUT2D eigenvalue weighted by Gasteiger charge is 2.21. The van der Waals surface area contributed by atoms with Crippen LogP contribution in [0.1, 0.15) is 35.6 Å². The minimum atomic E-state index is -0.589. The molecule has 1 saturated heterocycles. The van der Waals surface area contributed by atoms with E-state index in [-0.39, 0.29) is 30.7 Å². The summed E-state index contributed by atoms with van der Waals surface area (Å²) >= 11 is 0. The summed E-state index contributed by atoms with van der Waals surface area (Å²) in [5.41, 5.74) is 9.49. The highest BCUT2D eigenvalue weighted by Crippen LogP contribution is 2.19. The maximum atomic E-state index is 12.3. The summed E-state index contributed by atoms with van der Waals surface area (Å²) in [6.45, 7) is 5.92. The van der Waals surface area contributed by atoms with Crippen LogP contribution in [0.15, 0.2) is 54.6 Å². The Bertz CT molecular complexity index is 701. The van der Waals surface area contributed by atoms with Gasteiger partial charge in [-0.3, -0.25) is 9.69 Å². The average Bonchev–Trinajstić information content (AvgIpc) is 2.68. The summed E-state index contributed by atoms with van der Waals surface area (Å²) < 4.78 is 0. The highest BCUT2D eigenvalue weighted by molar-refractivity contribution is 5.85. The van der Waals surface area contributed by atoms with Gasteiger partial charge in [-0.25, -0.2) is 0 Å². The zero-order valence-corrected chi connectivity index (χ0v) is 18.0. The molecule has 1 aliphatic rings. The number of aryl methyl sites for hydroxylation is 1. The molecule has 4 nitrogen and oxygen atoms in total. The van der Waals surface area contributed by atoms with Gasteiger partial charge in [-0.2, -0.15) is 0 Å². The fraction of sp³-hybridized carbons (Fsp3) is 0.409. The number of nitrogens with zero attached hydrogens (tertiary/aromatic N) is 1. The van der Waals surface area contributed by atoms with Crippen molar-refractivity contribution < 1.29 is 4.79 Å². The van der Waals surface area contributed by atoms with E-state index in [1.165, 1.54) is 11.1 Å². The number of halogens is 2. The normalized spacial score (nSPS) is 15.8. The number of likely N-dealkylation sites (tertiary alicyclic amines) is 1. The summed E-state index contributed by atoms with van der Waals surface area (Å²) in [5, 5.41) is 3.05. The number of nitrogens with one attached hydrogen (secondary N) is 1. The molecular formula is C22H31Cl2N3O. The van der Waals surface area contributed by atoms with Crippen molar-refractivity contribution in [3.63, 3.8) is 0 Å². The molecule has 1 amide bonds. The standard InChI is InChI=1S/C22H29N3O.2ClH/c1-17-7-9-20(10-8-17)21(23)22(26)24-15-18-11-13-25(14-12-18)16-19-5-3-2-4-6-19;;/h2-10,18,21H,11-16,23H2,1H3,(H,24,26);2*1H. The first-order valence-electron chi connectivity index (χ1n) is 9.48. The third-order valence-corrected chi connectivity index (χ3v) is 5.24. The van der Waals surface area contributed by atoms with Gasteiger partial charge in [-0.15, -0.1) is 24.8 Å². The van der Waals surface area contributed by atoms with Crippen LogP contribution < -0.4 is 11.1 Å². The Morgan fingerprint density at radius 3 is 2.29 bits per heavy atom. The van der Waals surface area contributed by atoms with Gasteiger partial charge in [0.1, 0.15) is 6.04 Å². The second kappa shape index (κ2) is 12.1. The van der Waals surface area contributed by atoms with Crippen LogP contribution in [-0.2, 0) is 11.3 Å². The molecule has 28 heavy (non-hydrogen) atoms. The lowest BCUT2D eigenvalue weighted by atomic mass is 9.96. The van der Waals surface area contributed by atoms with Crippen molar-refractivity contribution >= 4 is 30.7 Å². The maximum Gasteiger partial charge on any atom is 0.241 e. The van der Waals surface area contributed by atoms with E-state index in [2.05, 4.69) is 40.5 Å². The van der Waals surface area contributed by atoms with Crippen LogP contribution in [0.2, 0.25) is 0 Å². The van der Waals surface area contributed by atoms with Crippen molar-refractivity contribution in [2.75, 3.05) is 19.6 Å². The van der Waals surface area contributed by atoms with Gasteiger partial charge >= 0.3 is 0 Å². The van der Waals surface area contributed by atoms with Gasteiger partial charge < -0.3 is 11.1 Å². The highest BCUT2D eigenvalue weighted by atomic mass is 35.5. The number of hydrogen-bond donors (Lipinski definition) is 2. The molecule has 2 aromatic carbocycles. The molecule has 1 aliphatic heterocycles. The van der Waals surface area contributed by atoms with Crippen molar-refractivity contribution in [2.24, 2.45) is 11.7 Å². The van der Waals surface area contributed by atoms with Gasteiger partial charge in [0.15, 0.2) is 0 Å². The molecule has 1 unspecified atom stereocenters. The molecule has 0 aliphatic carbocycles. The molecule has 0 radical (unpaired) electrons. The zero-order valence-electron chi connectivity index (χ0n) is 16.3. The Hall–Kier alpha value is -1.59. The van der Waals surface area contributed by atoms with E-state index in [1.807, 2.05) is 31.2 Å². The van der Waals surface area contributed by atoms with Crippen molar-refractivity contribution in [1.29, 1.82) is 0 Å². The molecule has 0 aromatic heterocycles. The lowest BCUT2D eigenvalue weighted by Crippen LogP contribution is -2.41. The molecule has 0 bridgehead atoms. The molecule has 0 spiro atoms. The molecule has 3 N–H and O–H groups in total. The second-order valence-electron chi connectivity index (χ2n) is 7.34. The van der Waals surface area contributed by atoms with E-state index in [0.717, 1.165) is 44.6 Å². The van der Waals surface area contributed by atoms with Gasteiger partial charge in [-0.05, 0) is 49.9 Å². The molecule has 0 saturated carbocycles. The van der Waals surface area contributed by atoms with Crippen LogP contribution in [0.3, 0.4) is 0 Å². The monoisotopic (exact) mass is 423 g/mol. The minimum absolute atomic E-state index is 0. The Labute approximate surface area is 180 Å². The van der Waals surface area contributed by atoms with E-state index in [0.29, 0.717) is 5.92 Å². The number of carbonyl (C=O) groups is 1. The SMILES string of the molecule is Cc1ccc(C(N)C(=O)NCC2CCN(Cc3ccccc3)CC2)cc1.Cl.Cl. The Kier molecular flexibility index (Phi) is 10.5. The molecule has 1 fully saturated rings. The van der Waals surface area contributed by atoms with Crippen molar-refractivity contribution in [1.82, 2.24) is 10.2 Å². The molecule has 1 heterocycles. The predicted molar refractivity (Wildman–Crippen MR) is 120 cm³/mol. The molecule has 3 rings (SSSR count). The van der Waals surface area contributed by atoms with Crippen LogP contribution in [0, 0.1) is 12.8 Å². The molecule has 6 heteroatoms. The number of rotatable bonds is 6. The first kappa shape index (κ1) is 24.4. The molecule has 2 aromatic rings. The van der Waals surface area contributed by atoms with E-state index in [4.69, 9.17) is 5.73 Å². The van der Waals surface area contributed by atoms with Crippen molar-refractivity contribution in [3.8, 4) is 0 Å². The summed E-state index contributed by atoms with van der Waals surface area (Å²) in [4.78, 5) is 14.8. The van der Waals surface area contributed by atoms with Crippen LogP contribution in [0.25, 0.3) is 0 Å². The Morgan fingerprint density at radius 2 is 1.68 bits per heavy atom. The maximum absolute atomic E-state index is 12.3. The Balaban J connectivity index is 0.00000196. The summed E-state index contributed by atoms with van der Waals surface area (Å²) in [5.74, 6) is 0.455. The number of carbonyl (C=O) groups excluding carboxylic acids is 1. The van der Waals surface area contributed by atoms with Gasteiger partial charge in [0, 0.05) is 13.1 Å². The first-order valence-corrected chi connectivity index (χ1v) is 9.48. The molecule has 1 atom stereocenters. The third kappa shape index (κ3) is 7.10. The van der Waals surface area contributed by atoms with E-state index in [9.17, 15) is 4.79 Å². The van der Waals surface area contributed by atoms with E-state index < -0.39 is 6.04 Å². The summed E-state index contributed by atoms with van der Waals surface area (Å²) in [7, 11) is 0. The zero-order chi connectivity index (χ0) is 18.4. The fourth-order valence-corrected chi connectivity index (χ4v) is 3.47. The molecular weight excluding hydrogens is 393 g/mol. The lowest BCUT2D eigenvalue weighted by Gasteiger charge is -2.32. The summed E-state index contributed by atoms with van der Waals surface area (Å²) in [6, 6.07) is 17.9. The second-order valence-corrected chi connectivity index (χ2v) is 7.34.